The van der Waals surface area contributed by atoms with Crippen LogP contribution in [0.3, 0.4) is 0 Å². The highest BCUT2D eigenvalue weighted by molar-refractivity contribution is 6.33. The van der Waals surface area contributed by atoms with Crippen molar-refractivity contribution in [3.8, 4) is 0 Å². The van der Waals surface area contributed by atoms with Crippen molar-refractivity contribution < 1.29 is 4.42 Å². The smallest absolute Gasteiger partial charge is 0.123 e. The van der Waals surface area contributed by atoms with E-state index in [-0.39, 0.29) is 0 Å². The SMILES string of the molecule is Cc1ccc(CN(C)c2ccc(CNC3CC3)cc2Cl)o1. The van der Waals surface area contributed by atoms with E-state index in [9.17, 15) is 0 Å². The first kappa shape index (κ1) is 14.5. The first-order valence-corrected chi connectivity index (χ1v) is 7.78. The zero-order valence-electron chi connectivity index (χ0n) is 12.5. The molecule has 0 unspecified atom stereocenters. The molecule has 4 heteroatoms. The number of hydrogen-bond acceptors (Lipinski definition) is 3. The maximum absolute atomic E-state index is 6.43. The number of benzene rings is 1. The van der Waals surface area contributed by atoms with Gasteiger partial charge in [0, 0.05) is 19.6 Å². The second-order valence-corrected chi connectivity index (χ2v) is 6.22. The van der Waals surface area contributed by atoms with E-state index >= 15 is 0 Å². The van der Waals surface area contributed by atoms with E-state index in [2.05, 4.69) is 28.4 Å². The summed E-state index contributed by atoms with van der Waals surface area (Å²) in [5, 5.41) is 4.29. The molecule has 1 heterocycles. The van der Waals surface area contributed by atoms with Crippen LogP contribution in [0.2, 0.25) is 5.02 Å². The molecule has 21 heavy (non-hydrogen) atoms. The number of nitrogens with one attached hydrogen (secondary N) is 1. The minimum absolute atomic E-state index is 0.716. The average molecular weight is 305 g/mol. The fourth-order valence-electron chi connectivity index (χ4n) is 2.41. The molecule has 1 aromatic heterocycles. The molecule has 0 saturated heterocycles. The average Bonchev–Trinajstić information content (AvgIpc) is 3.19. The number of rotatable bonds is 6. The Kier molecular flexibility index (Phi) is 4.22. The van der Waals surface area contributed by atoms with Gasteiger partial charge in [-0.15, -0.1) is 0 Å². The summed E-state index contributed by atoms with van der Waals surface area (Å²) in [5.41, 5.74) is 2.26. The summed E-state index contributed by atoms with van der Waals surface area (Å²) in [5.74, 6) is 1.89. The summed E-state index contributed by atoms with van der Waals surface area (Å²) in [6.07, 6.45) is 2.61. The molecule has 0 radical (unpaired) electrons. The van der Waals surface area contributed by atoms with Crippen molar-refractivity contribution in [1.82, 2.24) is 5.32 Å². The van der Waals surface area contributed by atoms with E-state index in [1.54, 1.807) is 0 Å². The number of anilines is 1. The second-order valence-electron chi connectivity index (χ2n) is 5.81. The van der Waals surface area contributed by atoms with Gasteiger partial charge >= 0.3 is 0 Å². The molecular formula is C17H21ClN2O. The topological polar surface area (TPSA) is 28.4 Å². The molecule has 1 aromatic carbocycles. The van der Waals surface area contributed by atoms with Crippen LogP contribution in [0, 0.1) is 6.92 Å². The second kappa shape index (κ2) is 6.12. The van der Waals surface area contributed by atoms with Crippen molar-refractivity contribution >= 4 is 17.3 Å². The molecule has 1 aliphatic carbocycles. The number of halogens is 1. The summed E-state index contributed by atoms with van der Waals surface area (Å²) in [6, 6.07) is 11.0. The highest BCUT2D eigenvalue weighted by Gasteiger charge is 2.20. The van der Waals surface area contributed by atoms with Gasteiger partial charge in [-0.05, 0) is 49.6 Å². The van der Waals surface area contributed by atoms with Crippen molar-refractivity contribution in [2.24, 2.45) is 0 Å². The molecule has 2 aromatic rings. The van der Waals surface area contributed by atoms with Crippen LogP contribution in [0.5, 0.6) is 0 Å². The lowest BCUT2D eigenvalue weighted by molar-refractivity contribution is 0.482. The predicted octanol–water partition coefficient (Wildman–Crippen LogP) is 4.13. The fraction of sp³-hybridized carbons (Fsp3) is 0.412. The number of nitrogens with zero attached hydrogens (tertiary/aromatic N) is 1. The Balaban J connectivity index is 1.65. The summed E-state index contributed by atoms with van der Waals surface area (Å²) >= 11 is 6.43. The Morgan fingerprint density at radius 2 is 2.10 bits per heavy atom. The molecule has 3 nitrogen and oxygen atoms in total. The van der Waals surface area contributed by atoms with Gasteiger partial charge in [-0.1, -0.05) is 17.7 Å². The van der Waals surface area contributed by atoms with Crippen molar-refractivity contribution in [3.63, 3.8) is 0 Å². The van der Waals surface area contributed by atoms with Crippen LogP contribution in [0.25, 0.3) is 0 Å². The van der Waals surface area contributed by atoms with Gasteiger partial charge in [0.05, 0.1) is 17.3 Å². The third kappa shape index (κ3) is 3.80. The van der Waals surface area contributed by atoms with Gasteiger partial charge < -0.3 is 14.6 Å². The monoisotopic (exact) mass is 304 g/mol. The molecule has 0 amide bonds. The van der Waals surface area contributed by atoms with E-state index in [0.717, 1.165) is 28.8 Å². The normalized spacial score (nSPS) is 14.4. The zero-order chi connectivity index (χ0) is 14.8. The van der Waals surface area contributed by atoms with Gasteiger partial charge in [0.15, 0.2) is 0 Å². The number of aryl methyl sites for hydroxylation is 1. The van der Waals surface area contributed by atoms with Gasteiger partial charge in [-0.2, -0.15) is 0 Å². The van der Waals surface area contributed by atoms with Crippen LogP contribution in [0.4, 0.5) is 5.69 Å². The van der Waals surface area contributed by atoms with E-state index < -0.39 is 0 Å². The highest BCUT2D eigenvalue weighted by Crippen LogP contribution is 2.28. The van der Waals surface area contributed by atoms with Gasteiger partial charge in [0.25, 0.3) is 0 Å². The van der Waals surface area contributed by atoms with Crippen molar-refractivity contribution in [3.05, 3.63) is 52.4 Å². The lowest BCUT2D eigenvalue weighted by Gasteiger charge is -2.20. The Hall–Kier alpha value is -1.45. The first-order chi connectivity index (χ1) is 10.1. The molecule has 1 fully saturated rings. The lowest BCUT2D eigenvalue weighted by atomic mass is 10.2. The van der Waals surface area contributed by atoms with Gasteiger partial charge in [0.1, 0.15) is 11.5 Å². The van der Waals surface area contributed by atoms with Gasteiger partial charge in [0.2, 0.25) is 0 Å². The Labute approximate surface area is 130 Å². The Morgan fingerprint density at radius 3 is 2.71 bits per heavy atom. The Morgan fingerprint density at radius 1 is 1.29 bits per heavy atom. The quantitative estimate of drug-likeness (QED) is 0.870. The van der Waals surface area contributed by atoms with Crippen LogP contribution in [0.1, 0.15) is 29.9 Å². The van der Waals surface area contributed by atoms with E-state index in [4.69, 9.17) is 16.0 Å². The van der Waals surface area contributed by atoms with Gasteiger partial charge in [-0.3, -0.25) is 0 Å². The van der Waals surface area contributed by atoms with Crippen molar-refractivity contribution in [2.45, 2.75) is 38.9 Å². The molecule has 3 rings (SSSR count). The zero-order valence-corrected chi connectivity index (χ0v) is 13.3. The van der Waals surface area contributed by atoms with Crippen LogP contribution in [-0.2, 0) is 13.1 Å². The Bertz CT molecular complexity index is 619. The van der Waals surface area contributed by atoms with Crippen molar-refractivity contribution in [2.75, 3.05) is 11.9 Å². The maximum Gasteiger partial charge on any atom is 0.123 e. The molecule has 1 N–H and O–H groups in total. The lowest BCUT2D eigenvalue weighted by Crippen LogP contribution is -2.17. The number of hydrogen-bond donors (Lipinski definition) is 1. The first-order valence-electron chi connectivity index (χ1n) is 7.40. The minimum atomic E-state index is 0.716. The third-order valence-electron chi connectivity index (χ3n) is 3.78. The molecule has 1 saturated carbocycles. The molecule has 0 atom stereocenters. The largest absolute Gasteiger partial charge is 0.464 e. The standard InChI is InChI=1S/C17H21ClN2O/c1-12-3-7-15(21-12)11-20(2)17-8-4-13(9-16(17)18)10-19-14-5-6-14/h3-4,7-9,14,19H,5-6,10-11H2,1-2H3. The van der Waals surface area contributed by atoms with E-state index in [0.29, 0.717) is 12.6 Å². The predicted molar refractivity (Wildman–Crippen MR) is 86.9 cm³/mol. The molecular weight excluding hydrogens is 284 g/mol. The summed E-state index contributed by atoms with van der Waals surface area (Å²) in [4.78, 5) is 2.11. The fourth-order valence-corrected chi connectivity index (χ4v) is 2.76. The van der Waals surface area contributed by atoms with Crippen molar-refractivity contribution in [1.29, 1.82) is 0 Å². The van der Waals surface area contributed by atoms with Crippen LogP contribution >= 0.6 is 11.6 Å². The molecule has 1 aliphatic rings. The molecule has 0 aliphatic heterocycles. The van der Waals surface area contributed by atoms with E-state index in [1.165, 1.54) is 18.4 Å². The summed E-state index contributed by atoms with van der Waals surface area (Å²) < 4.78 is 5.62. The van der Waals surface area contributed by atoms with Gasteiger partial charge in [-0.25, -0.2) is 0 Å². The molecule has 0 spiro atoms. The van der Waals surface area contributed by atoms with E-state index in [1.807, 2.05) is 26.1 Å². The van der Waals surface area contributed by atoms with Crippen LogP contribution in [-0.4, -0.2) is 13.1 Å². The maximum atomic E-state index is 6.43. The molecule has 0 bridgehead atoms. The summed E-state index contributed by atoms with van der Waals surface area (Å²) in [6.45, 7) is 3.57. The third-order valence-corrected chi connectivity index (χ3v) is 4.09. The molecule has 112 valence electrons. The number of furan rings is 1. The van der Waals surface area contributed by atoms with Crippen LogP contribution in [0.15, 0.2) is 34.7 Å². The highest BCUT2D eigenvalue weighted by atomic mass is 35.5. The van der Waals surface area contributed by atoms with Crippen LogP contribution < -0.4 is 10.2 Å². The summed E-state index contributed by atoms with van der Waals surface area (Å²) in [7, 11) is 2.03. The minimum Gasteiger partial charge on any atom is -0.464 e.